The molecule has 0 aromatic rings. The van der Waals surface area contributed by atoms with Crippen LogP contribution in [0.15, 0.2) is 0 Å². The second kappa shape index (κ2) is 10.6. The molecule has 1 aliphatic rings. The van der Waals surface area contributed by atoms with Gasteiger partial charge in [0.15, 0.2) is 18.5 Å². The van der Waals surface area contributed by atoms with Crippen LogP contribution in [0.5, 0.6) is 0 Å². The van der Waals surface area contributed by atoms with E-state index >= 15 is 0 Å². The number of carboxylic acids is 2. The lowest BCUT2D eigenvalue weighted by Gasteiger charge is -2.09. The lowest BCUT2D eigenvalue weighted by atomic mass is 10.1. The van der Waals surface area contributed by atoms with Gasteiger partial charge in [0.2, 0.25) is 0 Å². The van der Waals surface area contributed by atoms with Gasteiger partial charge >= 0.3 is 11.9 Å². The third-order valence-corrected chi connectivity index (χ3v) is 3.90. The number of carbonyl (C=O) groups is 2. The first kappa shape index (κ1) is 18.9. The summed E-state index contributed by atoms with van der Waals surface area (Å²) in [5.74, 6) is -2.58. The van der Waals surface area contributed by atoms with Crippen molar-refractivity contribution in [3.8, 4) is 0 Å². The van der Waals surface area contributed by atoms with Crippen LogP contribution in [0.4, 0.5) is 0 Å². The molecule has 0 aromatic heterocycles. The summed E-state index contributed by atoms with van der Waals surface area (Å²) in [5.41, 5.74) is 0. The van der Waals surface area contributed by atoms with E-state index in [1.807, 2.05) is 0 Å². The van der Waals surface area contributed by atoms with E-state index in [0.29, 0.717) is 6.42 Å². The summed E-state index contributed by atoms with van der Waals surface area (Å²) in [6.07, 6.45) is 7.72. The van der Waals surface area contributed by atoms with Gasteiger partial charge in [-0.3, -0.25) is 0 Å². The number of aliphatic carboxylic acids is 2. The maximum absolute atomic E-state index is 10.9. The van der Waals surface area contributed by atoms with Crippen molar-refractivity contribution in [2.75, 3.05) is 0 Å². The van der Waals surface area contributed by atoms with Crippen molar-refractivity contribution in [2.24, 2.45) is 0 Å². The van der Waals surface area contributed by atoms with E-state index in [0.717, 1.165) is 19.3 Å². The van der Waals surface area contributed by atoms with Gasteiger partial charge in [-0.15, -0.1) is 0 Å². The molecule has 2 N–H and O–H groups in total. The Balaban J connectivity index is 2.08. The normalized spacial score (nSPS) is 24.5. The zero-order valence-corrected chi connectivity index (χ0v) is 13.3. The Morgan fingerprint density at radius 2 is 1.18 bits per heavy atom. The molecule has 22 heavy (non-hydrogen) atoms. The Hall–Kier alpha value is -1.14. The van der Waals surface area contributed by atoms with E-state index in [-0.39, 0.29) is 0 Å². The molecule has 2 atom stereocenters. The van der Waals surface area contributed by atoms with Crippen LogP contribution >= 0.6 is 0 Å². The highest BCUT2D eigenvalue weighted by atomic mass is 16.7. The maximum Gasteiger partial charge on any atom is 0.336 e. The fraction of sp³-hybridized carbons (Fsp3) is 0.875. The molecule has 1 fully saturated rings. The van der Waals surface area contributed by atoms with Crippen LogP contribution in [0.3, 0.4) is 0 Å². The summed E-state index contributed by atoms with van der Waals surface area (Å²) < 4.78 is 10.3. The molecule has 0 spiro atoms. The van der Waals surface area contributed by atoms with Crippen LogP contribution in [0, 0.1) is 0 Å². The van der Waals surface area contributed by atoms with E-state index in [4.69, 9.17) is 19.7 Å². The quantitative estimate of drug-likeness (QED) is 0.537. The highest BCUT2D eigenvalue weighted by molar-refractivity contribution is 5.84. The Morgan fingerprint density at radius 1 is 0.773 bits per heavy atom. The van der Waals surface area contributed by atoms with Gasteiger partial charge in [0, 0.05) is 0 Å². The van der Waals surface area contributed by atoms with Crippen LogP contribution in [-0.2, 0) is 19.1 Å². The standard InChI is InChI=1S/C16H28O6/c1-2-3-4-5-6-7-8-9-10-11-12-21-13(15(17)18)14(22-12)16(19)20/h12-14H,2-11H2,1H3,(H,17,18)(H,19,20). The summed E-state index contributed by atoms with van der Waals surface area (Å²) in [4.78, 5) is 21.8. The molecule has 0 radical (unpaired) electrons. The monoisotopic (exact) mass is 316 g/mol. The zero-order chi connectivity index (χ0) is 16.4. The summed E-state index contributed by atoms with van der Waals surface area (Å²) in [6, 6.07) is 0. The van der Waals surface area contributed by atoms with Crippen molar-refractivity contribution in [1.29, 1.82) is 0 Å². The average Bonchev–Trinajstić information content (AvgIpc) is 2.90. The first-order valence-electron chi connectivity index (χ1n) is 8.32. The average molecular weight is 316 g/mol. The number of unbranched alkanes of at least 4 members (excludes halogenated alkanes) is 8. The lowest BCUT2D eigenvalue weighted by molar-refractivity contribution is -0.156. The minimum absolute atomic E-state index is 0.545. The minimum atomic E-state index is -1.40. The smallest absolute Gasteiger partial charge is 0.336 e. The van der Waals surface area contributed by atoms with Gasteiger partial charge < -0.3 is 19.7 Å². The van der Waals surface area contributed by atoms with Crippen LogP contribution in [-0.4, -0.2) is 40.6 Å². The zero-order valence-electron chi connectivity index (χ0n) is 13.3. The Bertz CT molecular complexity index is 322. The second-order valence-electron chi connectivity index (χ2n) is 5.84. The highest BCUT2D eigenvalue weighted by Gasteiger charge is 2.45. The van der Waals surface area contributed by atoms with Gasteiger partial charge in [0.25, 0.3) is 0 Å². The van der Waals surface area contributed by atoms with Gasteiger partial charge in [-0.1, -0.05) is 58.3 Å². The molecular weight excluding hydrogens is 288 g/mol. The highest BCUT2D eigenvalue weighted by Crippen LogP contribution is 2.24. The number of carboxylic acid groups (broad SMARTS) is 2. The SMILES string of the molecule is CCCCCCCCCCCC1OC(C(=O)O)C(C(=O)O)O1. The topological polar surface area (TPSA) is 93.1 Å². The Labute approximate surface area is 131 Å². The lowest BCUT2D eigenvalue weighted by Crippen LogP contribution is -2.36. The van der Waals surface area contributed by atoms with Crippen LogP contribution < -0.4 is 0 Å². The van der Waals surface area contributed by atoms with Crippen molar-refractivity contribution in [2.45, 2.75) is 89.6 Å². The van der Waals surface area contributed by atoms with Crippen molar-refractivity contribution in [1.82, 2.24) is 0 Å². The van der Waals surface area contributed by atoms with E-state index in [1.54, 1.807) is 0 Å². The van der Waals surface area contributed by atoms with Gasteiger partial charge in [-0.05, 0) is 12.8 Å². The molecule has 1 aliphatic heterocycles. The molecule has 0 aliphatic carbocycles. The number of ether oxygens (including phenoxy) is 2. The molecule has 0 saturated carbocycles. The van der Waals surface area contributed by atoms with Crippen LogP contribution in [0.2, 0.25) is 0 Å². The summed E-state index contributed by atoms with van der Waals surface area (Å²) >= 11 is 0. The fourth-order valence-electron chi connectivity index (χ4n) is 2.63. The van der Waals surface area contributed by atoms with E-state index < -0.39 is 30.4 Å². The fourth-order valence-corrected chi connectivity index (χ4v) is 2.63. The molecule has 1 rings (SSSR count). The molecule has 1 heterocycles. The van der Waals surface area contributed by atoms with Gasteiger partial charge in [-0.2, -0.15) is 0 Å². The Kier molecular flexibility index (Phi) is 9.08. The Morgan fingerprint density at radius 3 is 1.59 bits per heavy atom. The van der Waals surface area contributed by atoms with Crippen molar-refractivity contribution in [3.05, 3.63) is 0 Å². The molecule has 128 valence electrons. The summed E-state index contributed by atoms with van der Waals surface area (Å²) in [6.45, 7) is 2.21. The number of rotatable bonds is 12. The van der Waals surface area contributed by atoms with Gasteiger partial charge in [-0.25, -0.2) is 9.59 Å². The maximum atomic E-state index is 10.9. The van der Waals surface area contributed by atoms with E-state index in [2.05, 4.69) is 6.92 Å². The van der Waals surface area contributed by atoms with Gasteiger partial charge in [0.05, 0.1) is 0 Å². The molecule has 0 amide bonds. The number of hydrogen-bond acceptors (Lipinski definition) is 4. The summed E-state index contributed by atoms with van der Waals surface area (Å²) in [7, 11) is 0. The number of hydrogen-bond donors (Lipinski definition) is 2. The first-order valence-corrected chi connectivity index (χ1v) is 8.32. The van der Waals surface area contributed by atoms with Gasteiger partial charge in [0.1, 0.15) is 0 Å². The van der Waals surface area contributed by atoms with Crippen molar-refractivity contribution >= 4 is 11.9 Å². The molecule has 2 unspecified atom stereocenters. The predicted molar refractivity (Wildman–Crippen MR) is 80.6 cm³/mol. The first-order chi connectivity index (χ1) is 10.6. The summed E-state index contributed by atoms with van der Waals surface area (Å²) in [5, 5.41) is 17.8. The van der Waals surface area contributed by atoms with E-state index in [1.165, 1.54) is 38.5 Å². The predicted octanol–water partition coefficient (Wildman–Crippen LogP) is 3.19. The third kappa shape index (κ3) is 6.75. The molecule has 0 bridgehead atoms. The molecule has 6 nitrogen and oxygen atoms in total. The minimum Gasteiger partial charge on any atom is -0.479 e. The second-order valence-corrected chi connectivity index (χ2v) is 5.84. The van der Waals surface area contributed by atoms with Crippen molar-refractivity contribution < 1.29 is 29.3 Å². The molecule has 0 aromatic carbocycles. The van der Waals surface area contributed by atoms with Crippen LogP contribution in [0.25, 0.3) is 0 Å². The van der Waals surface area contributed by atoms with E-state index in [9.17, 15) is 9.59 Å². The van der Waals surface area contributed by atoms with Crippen LogP contribution in [0.1, 0.15) is 71.1 Å². The third-order valence-electron chi connectivity index (χ3n) is 3.90. The van der Waals surface area contributed by atoms with Crippen molar-refractivity contribution in [3.63, 3.8) is 0 Å². The largest absolute Gasteiger partial charge is 0.479 e. The molecular formula is C16H28O6. The molecule has 6 heteroatoms. The molecule has 1 saturated heterocycles.